The number of carbonyl (C=O) groups is 1. The molecule has 0 aliphatic carbocycles. The molecule has 0 radical (unpaired) electrons. The Morgan fingerprint density at radius 2 is 1.89 bits per heavy atom. The highest BCUT2D eigenvalue weighted by Gasteiger charge is 2.18. The lowest BCUT2D eigenvalue weighted by atomic mass is 9.96. The van der Waals surface area contributed by atoms with E-state index >= 15 is 0 Å². The molecule has 4 heteroatoms. The predicted molar refractivity (Wildman–Crippen MR) is 75.5 cm³/mol. The molecule has 0 spiro atoms. The third-order valence-electron chi connectivity index (χ3n) is 3.43. The number of carboxylic acid groups (broad SMARTS) is 1. The van der Waals surface area contributed by atoms with E-state index in [1.165, 1.54) is 0 Å². The van der Waals surface area contributed by atoms with Crippen molar-refractivity contribution in [3.63, 3.8) is 0 Å². The van der Waals surface area contributed by atoms with Crippen LogP contribution in [0.4, 0.5) is 11.4 Å². The van der Waals surface area contributed by atoms with Crippen LogP contribution in [0.2, 0.25) is 0 Å². The van der Waals surface area contributed by atoms with Crippen molar-refractivity contribution in [3.05, 3.63) is 22.8 Å². The molecule has 4 nitrogen and oxygen atoms in total. The van der Waals surface area contributed by atoms with E-state index in [0.29, 0.717) is 11.3 Å². The van der Waals surface area contributed by atoms with E-state index in [0.717, 1.165) is 36.3 Å². The van der Waals surface area contributed by atoms with Crippen LogP contribution in [0.25, 0.3) is 0 Å². The van der Waals surface area contributed by atoms with Crippen molar-refractivity contribution in [2.24, 2.45) is 0 Å². The van der Waals surface area contributed by atoms with Crippen molar-refractivity contribution in [3.8, 4) is 0 Å². The summed E-state index contributed by atoms with van der Waals surface area (Å²) in [4.78, 5) is 13.4. The van der Waals surface area contributed by atoms with Crippen molar-refractivity contribution < 1.29 is 9.90 Å². The SMILES string of the molecule is CCc1c(C)c(C(=O)O)cc(N(CC)CC)c1N. The average Bonchev–Trinajstić information content (AvgIpc) is 2.33. The zero-order valence-corrected chi connectivity index (χ0v) is 11.6. The van der Waals surface area contributed by atoms with Gasteiger partial charge >= 0.3 is 5.97 Å². The maximum absolute atomic E-state index is 11.3. The van der Waals surface area contributed by atoms with Gasteiger partial charge in [-0.25, -0.2) is 4.79 Å². The van der Waals surface area contributed by atoms with Gasteiger partial charge in [-0.3, -0.25) is 0 Å². The van der Waals surface area contributed by atoms with Crippen LogP contribution in [0.3, 0.4) is 0 Å². The molecule has 0 heterocycles. The summed E-state index contributed by atoms with van der Waals surface area (Å²) < 4.78 is 0. The average molecular weight is 250 g/mol. The Kier molecular flexibility index (Phi) is 4.59. The number of nitrogen functional groups attached to an aromatic ring is 1. The van der Waals surface area contributed by atoms with Gasteiger partial charge in [0.1, 0.15) is 0 Å². The van der Waals surface area contributed by atoms with Crippen molar-refractivity contribution in [1.82, 2.24) is 0 Å². The Balaban J connectivity index is 3.52. The van der Waals surface area contributed by atoms with Crippen LogP contribution >= 0.6 is 0 Å². The fourth-order valence-electron chi connectivity index (χ4n) is 2.35. The number of benzene rings is 1. The summed E-state index contributed by atoms with van der Waals surface area (Å²) >= 11 is 0. The topological polar surface area (TPSA) is 66.6 Å². The lowest BCUT2D eigenvalue weighted by Gasteiger charge is -2.25. The van der Waals surface area contributed by atoms with Crippen molar-refractivity contribution in [1.29, 1.82) is 0 Å². The van der Waals surface area contributed by atoms with Crippen LogP contribution in [0.15, 0.2) is 6.07 Å². The summed E-state index contributed by atoms with van der Waals surface area (Å²) in [6, 6.07) is 1.69. The first-order chi connectivity index (χ1) is 8.47. The molecule has 18 heavy (non-hydrogen) atoms. The van der Waals surface area contributed by atoms with E-state index in [2.05, 4.69) is 4.90 Å². The molecule has 1 aromatic carbocycles. The largest absolute Gasteiger partial charge is 0.478 e. The number of nitrogens with two attached hydrogens (primary N) is 1. The highest BCUT2D eigenvalue weighted by molar-refractivity contribution is 5.93. The van der Waals surface area contributed by atoms with E-state index in [9.17, 15) is 9.90 Å². The normalized spacial score (nSPS) is 10.4. The van der Waals surface area contributed by atoms with Crippen LogP contribution in [-0.4, -0.2) is 24.2 Å². The highest BCUT2D eigenvalue weighted by atomic mass is 16.4. The standard InChI is InChI=1S/C14H22N2O2/c1-5-10-9(4)11(14(17)18)8-12(13(10)15)16(6-2)7-3/h8H,5-7,15H2,1-4H3,(H,17,18). The summed E-state index contributed by atoms with van der Waals surface area (Å²) in [5.74, 6) is -0.893. The van der Waals surface area contributed by atoms with Gasteiger partial charge in [-0.05, 0) is 44.4 Å². The van der Waals surface area contributed by atoms with Gasteiger partial charge in [0.05, 0.1) is 16.9 Å². The first kappa shape index (κ1) is 14.4. The quantitative estimate of drug-likeness (QED) is 0.788. The molecular formula is C14H22N2O2. The number of anilines is 2. The molecule has 1 rings (SSSR count). The van der Waals surface area contributed by atoms with Crippen LogP contribution in [0, 0.1) is 6.92 Å². The summed E-state index contributed by atoms with van der Waals surface area (Å²) in [6.45, 7) is 9.52. The van der Waals surface area contributed by atoms with Crippen LogP contribution < -0.4 is 10.6 Å². The number of hydrogen-bond donors (Lipinski definition) is 2. The van der Waals surface area contributed by atoms with Crippen molar-refractivity contribution in [2.45, 2.75) is 34.1 Å². The maximum atomic E-state index is 11.3. The molecule has 1 aromatic rings. The molecule has 0 saturated carbocycles. The van der Waals surface area contributed by atoms with Crippen LogP contribution in [0.1, 0.15) is 42.3 Å². The second kappa shape index (κ2) is 5.76. The predicted octanol–water partition coefficient (Wildman–Crippen LogP) is 2.68. The molecule has 0 unspecified atom stereocenters. The summed E-state index contributed by atoms with van der Waals surface area (Å²) in [7, 11) is 0. The lowest BCUT2D eigenvalue weighted by molar-refractivity contribution is 0.0696. The molecule has 0 atom stereocenters. The van der Waals surface area contributed by atoms with E-state index in [-0.39, 0.29) is 0 Å². The zero-order chi connectivity index (χ0) is 13.9. The zero-order valence-electron chi connectivity index (χ0n) is 11.6. The molecule has 0 aromatic heterocycles. The first-order valence-corrected chi connectivity index (χ1v) is 6.37. The van der Waals surface area contributed by atoms with E-state index in [1.54, 1.807) is 6.07 Å². The number of rotatable bonds is 5. The monoisotopic (exact) mass is 250 g/mol. The molecule has 0 aliphatic rings. The van der Waals surface area contributed by atoms with Crippen molar-refractivity contribution in [2.75, 3.05) is 23.7 Å². The minimum absolute atomic E-state index is 0.350. The maximum Gasteiger partial charge on any atom is 0.336 e. The second-order valence-electron chi connectivity index (χ2n) is 4.29. The Morgan fingerprint density at radius 3 is 2.28 bits per heavy atom. The van der Waals surface area contributed by atoms with Crippen LogP contribution in [-0.2, 0) is 6.42 Å². The second-order valence-corrected chi connectivity index (χ2v) is 4.29. The molecule has 0 bridgehead atoms. The molecule has 0 aliphatic heterocycles. The third kappa shape index (κ3) is 2.42. The molecular weight excluding hydrogens is 228 g/mol. The van der Waals surface area contributed by atoms with Crippen molar-refractivity contribution >= 4 is 17.3 Å². The van der Waals surface area contributed by atoms with Crippen LogP contribution in [0.5, 0.6) is 0 Å². The molecule has 3 N–H and O–H groups in total. The number of carboxylic acids is 1. The van der Waals surface area contributed by atoms with Gasteiger partial charge in [0.25, 0.3) is 0 Å². The van der Waals surface area contributed by atoms with E-state index in [4.69, 9.17) is 5.73 Å². The highest BCUT2D eigenvalue weighted by Crippen LogP contribution is 2.32. The van der Waals surface area contributed by atoms with Gasteiger partial charge < -0.3 is 15.7 Å². The Bertz CT molecular complexity index is 452. The summed E-state index contributed by atoms with van der Waals surface area (Å²) in [5.41, 5.74) is 9.79. The minimum Gasteiger partial charge on any atom is -0.478 e. The van der Waals surface area contributed by atoms with E-state index in [1.807, 2.05) is 27.7 Å². The third-order valence-corrected chi connectivity index (χ3v) is 3.43. The van der Waals surface area contributed by atoms with Gasteiger partial charge in [0, 0.05) is 13.1 Å². The minimum atomic E-state index is -0.893. The van der Waals surface area contributed by atoms with Gasteiger partial charge in [0.15, 0.2) is 0 Å². The van der Waals surface area contributed by atoms with Gasteiger partial charge in [-0.1, -0.05) is 6.92 Å². The lowest BCUT2D eigenvalue weighted by Crippen LogP contribution is -2.24. The summed E-state index contributed by atoms with van der Waals surface area (Å²) in [5, 5.41) is 9.27. The van der Waals surface area contributed by atoms with Gasteiger partial charge in [-0.15, -0.1) is 0 Å². The fraction of sp³-hybridized carbons (Fsp3) is 0.500. The first-order valence-electron chi connectivity index (χ1n) is 6.37. The number of hydrogen-bond acceptors (Lipinski definition) is 3. The number of aromatic carboxylic acids is 1. The van der Waals surface area contributed by atoms with Gasteiger partial charge in [-0.2, -0.15) is 0 Å². The van der Waals surface area contributed by atoms with Gasteiger partial charge in [0.2, 0.25) is 0 Å². The Morgan fingerprint density at radius 1 is 1.33 bits per heavy atom. The smallest absolute Gasteiger partial charge is 0.336 e. The molecule has 0 fully saturated rings. The molecule has 100 valence electrons. The Hall–Kier alpha value is -1.71. The summed E-state index contributed by atoms with van der Waals surface area (Å²) in [6.07, 6.45) is 0.743. The fourth-order valence-corrected chi connectivity index (χ4v) is 2.35. The molecule has 0 saturated heterocycles. The molecule has 0 amide bonds. The Labute approximate surface area is 108 Å². The number of nitrogens with zero attached hydrogens (tertiary/aromatic N) is 1. The van der Waals surface area contributed by atoms with E-state index < -0.39 is 5.97 Å².